The molecule has 0 amide bonds. The average molecular weight is 265 g/mol. The molecule has 5 heteroatoms. The van der Waals surface area contributed by atoms with Crippen molar-refractivity contribution in [3.8, 4) is 0 Å². The predicted octanol–water partition coefficient (Wildman–Crippen LogP) is 3.74. The van der Waals surface area contributed by atoms with Crippen LogP contribution in [0.3, 0.4) is 0 Å². The second-order valence-corrected chi connectivity index (χ2v) is 4.57. The zero-order valence-electron chi connectivity index (χ0n) is 11.0. The standard InChI is InChI=1S/C14H17F2N3/c1-3-10(2)19-5-4-14(18-19)17-9-11-6-12(15)8-13(16)7-11/h4-8,10H,3,9H2,1-2H3,(H,17,18). The lowest BCUT2D eigenvalue weighted by molar-refractivity contribution is 0.479. The van der Waals surface area contributed by atoms with Crippen LogP contribution in [0.2, 0.25) is 0 Å². The summed E-state index contributed by atoms with van der Waals surface area (Å²) < 4.78 is 27.9. The Morgan fingerprint density at radius 3 is 2.58 bits per heavy atom. The Morgan fingerprint density at radius 2 is 1.95 bits per heavy atom. The van der Waals surface area contributed by atoms with Gasteiger partial charge in [0.05, 0.1) is 0 Å². The van der Waals surface area contributed by atoms with Crippen LogP contribution in [0.4, 0.5) is 14.6 Å². The molecule has 0 saturated heterocycles. The fraction of sp³-hybridized carbons (Fsp3) is 0.357. The van der Waals surface area contributed by atoms with Crippen molar-refractivity contribution in [2.75, 3.05) is 5.32 Å². The van der Waals surface area contributed by atoms with Gasteiger partial charge in [0.2, 0.25) is 0 Å². The predicted molar refractivity (Wildman–Crippen MR) is 70.9 cm³/mol. The van der Waals surface area contributed by atoms with Crippen molar-refractivity contribution in [2.24, 2.45) is 0 Å². The molecule has 1 atom stereocenters. The lowest BCUT2D eigenvalue weighted by Gasteiger charge is -2.08. The summed E-state index contributed by atoms with van der Waals surface area (Å²) in [5.41, 5.74) is 0.551. The van der Waals surface area contributed by atoms with Crippen LogP contribution in [-0.2, 0) is 6.54 Å². The Hall–Kier alpha value is -1.91. The van der Waals surface area contributed by atoms with Gasteiger partial charge in [0, 0.05) is 30.9 Å². The highest BCUT2D eigenvalue weighted by Crippen LogP contribution is 2.13. The van der Waals surface area contributed by atoms with Gasteiger partial charge in [-0.2, -0.15) is 5.10 Å². The molecule has 2 rings (SSSR count). The first-order valence-corrected chi connectivity index (χ1v) is 6.32. The van der Waals surface area contributed by atoms with Crippen molar-refractivity contribution < 1.29 is 8.78 Å². The van der Waals surface area contributed by atoms with E-state index in [2.05, 4.69) is 24.3 Å². The molecule has 0 radical (unpaired) electrons. The SMILES string of the molecule is CCC(C)n1ccc(NCc2cc(F)cc(F)c2)n1. The number of nitrogens with zero attached hydrogens (tertiary/aromatic N) is 2. The fourth-order valence-electron chi connectivity index (χ4n) is 1.77. The minimum Gasteiger partial charge on any atom is -0.365 e. The van der Waals surface area contributed by atoms with Gasteiger partial charge in [0.25, 0.3) is 0 Å². The maximum atomic E-state index is 13.0. The smallest absolute Gasteiger partial charge is 0.148 e. The van der Waals surface area contributed by atoms with E-state index in [1.807, 2.05) is 16.9 Å². The third kappa shape index (κ3) is 3.53. The molecule has 0 saturated carbocycles. The van der Waals surface area contributed by atoms with E-state index in [0.29, 0.717) is 24.0 Å². The zero-order valence-corrected chi connectivity index (χ0v) is 11.0. The van der Waals surface area contributed by atoms with Crippen LogP contribution in [0.1, 0.15) is 31.9 Å². The molecule has 0 aliphatic carbocycles. The van der Waals surface area contributed by atoms with E-state index in [9.17, 15) is 8.78 Å². The molecule has 1 unspecified atom stereocenters. The summed E-state index contributed by atoms with van der Waals surface area (Å²) in [6.45, 7) is 4.51. The van der Waals surface area contributed by atoms with Crippen LogP contribution < -0.4 is 5.32 Å². The van der Waals surface area contributed by atoms with Gasteiger partial charge in [0.1, 0.15) is 17.5 Å². The number of benzene rings is 1. The fourth-order valence-corrected chi connectivity index (χ4v) is 1.77. The van der Waals surface area contributed by atoms with E-state index in [0.717, 1.165) is 12.5 Å². The van der Waals surface area contributed by atoms with Crippen molar-refractivity contribution in [3.63, 3.8) is 0 Å². The first-order valence-electron chi connectivity index (χ1n) is 6.32. The second kappa shape index (κ2) is 5.82. The molecule has 0 spiro atoms. The highest BCUT2D eigenvalue weighted by Gasteiger charge is 2.05. The Labute approximate surface area is 111 Å². The van der Waals surface area contributed by atoms with E-state index >= 15 is 0 Å². The first kappa shape index (κ1) is 13.5. The highest BCUT2D eigenvalue weighted by atomic mass is 19.1. The van der Waals surface area contributed by atoms with Gasteiger partial charge < -0.3 is 5.32 Å². The normalized spacial score (nSPS) is 12.4. The van der Waals surface area contributed by atoms with Crippen LogP contribution in [0, 0.1) is 11.6 Å². The molecular weight excluding hydrogens is 248 g/mol. The van der Waals surface area contributed by atoms with E-state index in [1.165, 1.54) is 12.1 Å². The topological polar surface area (TPSA) is 29.9 Å². The van der Waals surface area contributed by atoms with Crippen molar-refractivity contribution in [1.29, 1.82) is 0 Å². The summed E-state index contributed by atoms with van der Waals surface area (Å²) in [5, 5.41) is 7.41. The van der Waals surface area contributed by atoms with Crippen LogP contribution in [0.5, 0.6) is 0 Å². The third-order valence-electron chi connectivity index (χ3n) is 3.05. The number of rotatable bonds is 5. The van der Waals surface area contributed by atoms with E-state index in [1.54, 1.807) is 0 Å². The number of hydrogen-bond donors (Lipinski definition) is 1. The molecule has 0 aliphatic rings. The van der Waals surface area contributed by atoms with E-state index in [-0.39, 0.29) is 0 Å². The number of hydrogen-bond acceptors (Lipinski definition) is 2. The molecule has 102 valence electrons. The van der Waals surface area contributed by atoms with Gasteiger partial charge in [-0.3, -0.25) is 4.68 Å². The molecule has 1 aromatic heterocycles. The third-order valence-corrected chi connectivity index (χ3v) is 3.05. The minimum absolute atomic E-state index is 0.335. The molecule has 0 fully saturated rings. The maximum Gasteiger partial charge on any atom is 0.148 e. The summed E-state index contributed by atoms with van der Waals surface area (Å²) in [6.07, 6.45) is 2.89. The number of nitrogens with one attached hydrogen (secondary N) is 1. The largest absolute Gasteiger partial charge is 0.365 e. The average Bonchev–Trinajstić information content (AvgIpc) is 2.83. The Balaban J connectivity index is 2.00. The van der Waals surface area contributed by atoms with Crippen molar-refractivity contribution in [3.05, 3.63) is 47.7 Å². The Bertz CT molecular complexity index is 531. The van der Waals surface area contributed by atoms with E-state index < -0.39 is 11.6 Å². The summed E-state index contributed by atoms with van der Waals surface area (Å²) in [4.78, 5) is 0. The van der Waals surface area contributed by atoms with Crippen molar-refractivity contribution >= 4 is 5.82 Å². The van der Waals surface area contributed by atoms with Crippen molar-refractivity contribution in [1.82, 2.24) is 9.78 Å². The van der Waals surface area contributed by atoms with E-state index in [4.69, 9.17) is 0 Å². The van der Waals surface area contributed by atoms with Crippen LogP contribution in [0.25, 0.3) is 0 Å². The molecule has 1 N–H and O–H groups in total. The molecular formula is C14H17F2N3. The maximum absolute atomic E-state index is 13.0. The summed E-state index contributed by atoms with van der Waals surface area (Å²) in [5.74, 6) is -0.436. The summed E-state index contributed by atoms with van der Waals surface area (Å²) in [7, 11) is 0. The quantitative estimate of drug-likeness (QED) is 0.892. The van der Waals surface area contributed by atoms with Gasteiger partial charge >= 0.3 is 0 Å². The second-order valence-electron chi connectivity index (χ2n) is 4.57. The Morgan fingerprint density at radius 1 is 1.26 bits per heavy atom. The van der Waals surface area contributed by atoms with Crippen LogP contribution in [0.15, 0.2) is 30.5 Å². The lowest BCUT2D eigenvalue weighted by atomic mass is 10.2. The van der Waals surface area contributed by atoms with Crippen LogP contribution >= 0.6 is 0 Å². The minimum atomic E-state index is -0.568. The Kier molecular flexibility index (Phi) is 4.14. The van der Waals surface area contributed by atoms with Gasteiger partial charge in [-0.15, -0.1) is 0 Å². The summed E-state index contributed by atoms with van der Waals surface area (Å²) >= 11 is 0. The molecule has 0 aliphatic heterocycles. The monoisotopic (exact) mass is 265 g/mol. The molecule has 19 heavy (non-hydrogen) atoms. The summed E-state index contributed by atoms with van der Waals surface area (Å²) in [6, 6.07) is 5.66. The van der Waals surface area contributed by atoms with Gasteiger partial charge in [-0.1, -0.05) is 6.92 Å². The molecule has 2 aromatic rings. The number of halogens is 2. The molecule has 1 aromatic carbocycles. The van der Waals surface area contributed by atoms with Crippen LogP contribution in [-0.4, -0.2) is 9.78 Å². The highest BCUT2D eigenvalue weighted by molar-refractivity contribution is 5.34. The number of anilines is 1. The first-order chi connectivity index (χ1) is 9.08. The molecule has 1 heterocycles. The number of aromatic nitrogens is 2. The van der Waals surface area contributed by atoms with Gasteiger partial charge in [-0.25, -0.2) is 8.78 Å². The van der Waals surface area contributed by atoms with Gasteiger partial charge in [0.15, 0.2) is 0 Å². The van der Waals surface area contributed by atoms with Crippen molar-refractivity contribution in [2.45, 2.75) is 32.9 Å². The lowest BCUT2D eigenvalue weighted by Crippen LogP contribution is -2.06. The molecule has 3 nitrogen and oxygen atoms in total. The zero-order chi connectivity index (χ0) is 13.8. The molecule has 0 bridgehead atoms. The van der Waals surface area contributed by atoms with Gasteiger partial charge in [-0.05, 0) is 31.0 Å².